The zero-order valence-electron chi connectivity index (χ0n) is 21.1. The van der Waals surface area contributed by atoms with Crippen LogP contribution in [-0.4, -0.2) is 11.0 Å². The zero-order chi connectivity index (χ0) is 27.3. The molecule has 0 saturated carbocycles. The normalized spacial score (nSPS) is 15.5. The number of aliphatic hydroxyl groups excluding tert-OH is 1. The van der Waals surface area contributed by atoms with Crippen molar-refractivity contribution in [1.82, 2.24) is 0 Å². The van der Waals surface area contributed by atoms with Crippen molar-refractivity contribution >= 4 is 28.7 Å². The highest BCUT2D eigenvalue weighted by molar-refractivity contribution is 5.99. The molecule has 1 aromatic heterocycles. The van der Waals surface area contributed by atoms with Gasteiger partial charge in [0.05, 0.1) is 23.0 Å². The van der Waals surface area contributed by atoms with Gasteiger partial charge in [-0.15, -0.1) is 0 Å². The number of benzene rings is 2. The molecule has 9 nitrogen and oxygen atoms in total. The highest BCUT2D eigenvalue weighted by Crippen LogP contribution is 2.43. The Hall–Kier alpha value is -4.44. The van der Waals surface area contributed by atoms with Crippen molar-refractivity contribution in [3.63, 3.8) is 0 Å². The van der Waals surface area contributed by atoms with Crippen LogP contribution in [0.15, 0.2) is 56.5 Å². The van der Waals surface area contributed by atoms with Crippen LogP contribution in [0, 0.1) is 19.7 Å². The number of fused-ring (bicyclic) bond motifs is 1. The van der Waals surface area contributed by atoms with Crippen LogP contribution < -0.4 is 32.1 Å². The molecule has 2 heterocycles. The summed E-state index contributed by atoms with van der Waals surface area (Å²) >= 11 is 0. The van der Waals surface area contributed by atoms with Crippen molar-refractivity contribution in [2.75, 3.05) is 15.5 Å². The monoisotopic (exact) mass is 518 g/mol. The van der Waals surface area contributed by atoms with Gasteiger partial charge in [-0.05, 0) is 61.7 Å². The molecular weight excluding hydrogens is 491 g/mol. The standard InChI is InChI=1S/C28H27FN4O5/c1-4-18(20-10-6-14(3)38-20)31-23-24(26(35)25(23)34)32-22-17(29)9-7-15-12-33(28(37)21(15)22)19-11-13(2)5-8-16(19)27(30)36/h5-11,18,28,31-32,37H,4,12H2,1-3H3,(H2,30,36)/t18-,28?/m1/s1. The highest BCUT2D eigenvalue weighted by Gasteiger charge is 2.35. The van der Waals surface area contributed by atoms with E-state index in [4.69, 9.17) is 10.2 Å². The Bertz CT molecular complexity index is 1640. The fourth-order valence-electron chi connectivity index (χ4n) is 4.89. The molecule has 0 fully saturated rings. The molecule has 3 aromatic carbocycles. The van der Waals surface area contributed by atoms with E-state index in [1.54, 1.807) is 37.3 Å². The number of amides is 1. The van der Waals surface area contributed by atoms with Gasteiger partial charge in [-0.2, -0.15) is 0 Å². The smallest absolute Gasteiger partial charge is 0.253 e. The highest BCUT2D eigenvalue weighted by atomic mass is 19.1. The maximum absolute atomic E-state index is 15.2. The van der Waals surface area contributed by atoms with Crippen LogP contribution in [0.5, 0.6) is 0 Å². The molecule has 4 aromatic rings. The molecule has 10 heteroatoms. The van der Waals surface area contributed by atoms with Crippen LogP contribution in [0.2, 0.25) is 0 Å². The quantitative estimate of drug-likeness (QED) is 0.256. The molecule has 2 atom stereocenters. The van der Waals surface area contributed by atoms with E-state index in [2.05, 4.69) is 10.6 Å². The lowest BCUT2D eigenvalue weighted by molar-refractivity contribution is 0.1000. The van der Waals surface area contributed by atoms with Gasteiger partial charge in [-0.1, -0.05) is 19.1 Å². The number of nitrogens with zero attached hydrogens (tertiary/aromatic N) is 1. The maximum atomic E-state index is 15.2. The van der Waals surface area contributed by atoms with E-state index >= 15 is 4.39 Å². The van der Waals surface area contributed by atoms with Crippen molar-refractivity contribution in [3.05, 3.63) is 103 Å². The predicted molar refractivity (Wildman–Crippen MR) is 142 cm³/mol. The molecule has 1 aliphatic rings. The fourth-order valence-corrected chi connectivity index (χ4v) is 4.89. The van der Waals surface area contributed by atoms with Crippen LogP contribution in [0.4, 0.5) is 27.1 Å². The Morgan fingerprint density at radius 3 is 2.53 bits per heavy atom. The summed E-state index contributed by atoms with van der Waals surface area (Å²) in [6.07, 6.45) is -0.785. The summed E-state index contributed by atoms with van der Waals surface area (Å²) in [5.41, 5.74) is 6.09. The summed E-state index contributed by atoms with van der Waals surface area (Å²) in [7, 11) is 0. The van der Waals surface area contributed by atoms with Gasteiger partial charge in [0.25, 0.3) is 16.8 Å². The van der Waals surface area contributed by atoms with Crippen molar-refractivity contribution in [3.8, 4) is 0 Å². The number of rotatable bonds is 8. The van der Waals surface area contributed by atoms with E-state index in [9.17, 15) is 19.5 Å². The SMILES string of the molecule is CC[C@@H](Nc1c(Nc2c(F)ccc3c2C(O)N(c2cc(C)ccc2C(N)=O)C3)c(=O)c1=O)c1ccc(C)o1. The number of aryl methyl sites for hydroxylation is 2. The Balaban J connectivity index is 1.50. The van der Waals surface area contributed by atoms with E-state index in [0.717, 1.165) is 5.56 Å². The summed E-state index contributed by atoms with van der Waals surface area (Å²) in [5.74, 6) is -0.0662. The number of halogens is 1. The van der Waals surface area contributed by atoms with E-state index in [1.807, 2.05) is 13.8 Å². The summed E-state index contributed by atoms with van der Waals surface area (Å²) in [5, 5.41) is 17.1. The Kier molecular flexibility index (Phi) is 6.28. The number of hydrogen-bond acceptors (Lipinski definition) is 8. The first-order chi connectivity index (χ1) is 18.1. The van der Waals surface area contributed by atoms with Gasteiger partial charge in [0.15, 0.2) is 6.23 Å². The molecule has 0 saturated heterocycles. The molecule has 1 unspecified atom stereocenters. The third-order valence-corrected chi connectivity index (χ3v) is 6.90. The molecular formula is C28H27FN4O5. The second-order valence-corrected chi connectivity index (χ2v) is 9.47. The third-order valence-electron chi connectivity index (χ3n) is 6.90. The topological polar surface area (TPSA) is 138 Å². The second-order valence-electron chi connectivity index (χ2n) is 9.47. The minimum atomic E-state index is -1.35. The lowest BCUT2D eigenvalue weighted by Gasteiger charge is -2.26. The lowest BCUT2D eigenvalue weighted by atomic mass is 10.0. The molecule has 0 bridgehead atoms. The first-order valence-electron chi connectivity index (χ1n) is 12.2. The average molecular weight is 519 g/mol. The number of carbonyl (C=O) groups is 1. The van der Waals surface area contributed by atoms with E-state index in [-0.39, 0.29) is 40.8 Å². The number of nitrogens with one attached hydrogen (secondary N) is 2. The molecule has 0 aliphatic carbocycles. The number of aliphatic hydroxyl groups is 1. The second kappa shape index (κ2) is 9.46. The number of nitrogens with two attached hydrogens (primary N) is 1. The molecule has 5 rings (SSSR count). The van der Waals surface area contributed by atoms with Gasteiger partial charge in [0.1, 0.15) is 28.7 Å². The number of primary amides is 1. The van der Waals surface area contributed by atoms with Crippen LogP contribution in [0.1, 0.15) is 64.2 Å². The summed E-state index contributed by atoms with van der Waals surface area (Å²) < 4.78 is 20.8. The fraction of sp³-hybridized carbons (Fsp3) is 0.250. The molecule has 38 heavy (non-hydrogen) atoms. The van der Waals surface area contributed by atoms with Crippen LogP contribution >= 0.6 is 0 Å². The van der Waals surface area contributed by atoms with Crippen LogP contribution in [0.3, 0.4) is 0 Å². The van der Waals surface area contributed by atoms with Crippen molar-refractivity contribution in [2.45, 2.75) is 46.0 Å². The number of anilines is 4. The zero-order valence-corrected chi connectivity index (χ0v) is 21.1. The molecule has 1 aliphatic heterocycles. The molecule has 1 amide bonds. The molecule has 0 spiro atoms. The van der Waals surface area contributed by atoms with Crippen molar-refractivity contribution in [2.24, 2.45) is 5.73 Å². The first-order valence-corrected chi connectivity index (χ1v) is 12.2. The number of hydrogen-bond donors (Lipinski definition) is 4. The van der Waals surface area contributed by atoms with Gasteiger partial charge < -0.3 is 30.8 Å². The van der Waals surface area contributed by atoms with Gasteiger partial charge >= 0.3 is 0 Å². The minimum absolute atomic E-state index is 0.0203. The number of carbonyl (C=O) groups excluding carboxylic acids is 1. The molecule has 0 radical (unpaired) electrons. The van der Waals surface area contributed by atoms with Gasteiger partial charge in [0, 0.05) is 12.1 Å². The summed E-state index contributed by atoms with van der Waals surface area (Å²) in [6, 6.07) is 11.0. The van der Waals surface area contributed by atoms with E-state index in [1.165, 1.54) is 17.0 Å². The molecule has 196 valence electrons. The summed E-state index contributed by atoms with van der Waals surface area (Å²) in [4.78, 5) is 38.6. The minimum Gasteiger partial charge on any atom is -0.464 e. The third kappa shape index (κ3) is 4.12. The Morgan fingerprint density at radius 1 is 1.13 bits per heavy atom. The average Bonchev–Trinajstić information content (AvgIpc) is 3.47. The van der Waals surface area contributed by atoms with E-state index < -0.39 is 28.8 Å². The Morgan fingerprint density at radius 2 is 1.87 bits per heavy atom. The molecule has 5 N–H and O–H groups in total. The van der Waals surface area contributed by atoms with Gasteiger partial charge in [0.2, 0.25) is 0 Å². The Labute approximate surface area is 217 Å². The van der Waals surface area contributed by atoms with Gasteiger partial charge in [-0.25, -0.2) is 4.39 Å². The predicted octanol–water partition coefficient (Wildman–Crippen LogP) is 4.05. The van der Waals surface area contributed by atoms with E-state index in [0.29, 0.717) is 29.2 Å². The van der Waals surface area contributed by atoms with Crippen molar-refractivity contribution < 1.29 is 18.7 Å². The first kappa shape index (κ1) is 25.2. The van der Waals surface area contributed by atoms with Gasteiger partial charge in [-0.3, -0.25) is 14.4 Å². The van der Waals surface area contributed by atoms with Crippen LogP contribution in [0.25, 0.3) is 0 Å². The van der Waals surface area contributed by atoms with Crippen LogP contribution in [-0.2, 0) is 6.54 Å². The largest absolute Gasteiger partial charge is 0.464 e. The van der Waals surface area contributed by atoms with Crippen molar-refractivity contribution in [1.29, 1.82) is 0 Å². The number of furan rings is 1. The lowest BCUT2D eigenvalue weighted by Crippen LogP contribution is -2.37. The maximum Gasteiger partial charge on any atom is 0.253 e. The summed E-state index contributed by atoms with van der Waals surface area (Å²) in [6.45, 7) is 5.71.